The molecule has 7 heteroatoms. The lowest BCUT2D eigenvalue weighted by atomic mass is 10.1. The molecule has 0 fully saturated rings. The van der Waals surface area contributed by atoms with Gasteiger partial charge >= 0.3 is 0 Å². The van der Waals surface area contributed by atoms with Crippen molar-refractivity contribution < 1.29 is 23.8 Å². The fourth-order valence-corrected chi connectivity index (χ4v) is 3.09. The SMILES string of the molecule is CCOc1cc2c(cc1CNC(=O)COc1ccccc1C(N)=O)O[C@@H](C)C2. The molecule has 1 atom stereocenters. The van der Waals surface area contributed by atoms with Crippen LogP contribution in [-0.4, -0.2) is 31.1 Å². The minimum atomic E-state index is -0.607. The number of carbonyl (C=O) groups excluding carboxylic acids is 2. The normalized spacial score (nSPS) is 14.7. The minimum absolute atomic E-state index is 0.132. The predicted octanol–water partition coefficient (Wildman–Crippen LogP) is 2.20. The van der Waals surface area contributed by atoms with Crippen LogP contribution in [0, 0.1) is 0 Å². The lowest BCUT2D eigenvalue weighted by molar-refractivity contribution is -0.123. The molecular formula is C21H24N2O5. The van der Waals surface area contributed by atoms with Gasteiger partial charge in [0.05, 0.1) is 12.2 Å². The van der Waals surface area contributed by atoms with Crippen LogP contribution in [-0.2, 0) is 17.8 Å². The fourth-order valence-electron chi connectivity index (χ4n) is 3.09. The monoisotopic (exact) mass is 384 g/mol. The molecule has 1 heterocycles. The van der Waals surface area contributed by atoms with Crippen LogP contribution in [0.15, 0.2) is 36.4 Å². The quantitative estimate of drug-likeness (QED) is 0.727. The summed E-state index contributed by atoms with van der Waals surface area (Å²) in [6.45, 7) is 4.51. The Morgan fingerprint density at radius 2 is 2.00 bits per heavy atom. The van der Waals surface area contributed by atoms with Crippen molar-refractivity contribution in [3.8, 4) is 17.2 Å². The van der Waals surface area contributed by atoms with Crippen LogP contribution < -0.4 is 25.3 Å². The van der Waals surface area contributed by atoms with Gasteiger partial charge in [0.2, 0.25) is 0 Å². The van der Waals surface area contributed by atoms with Gasteiger partial charge in [-0.3, -0.25) is 9.59 Å². The van der Waals surface area contributed by atoms with E-state index in [9.17, 15) is 9.59 Å². The zero-order chi connectivity index (χ0) is 20.1. The summed E-state index contributed by atoms with van der Waals surface area (Å²) in [5.74, 6) is 0.910. The van der Waals surface area contributed by atoms with Crippen molar-refractivity contribution in [2.75, 3.05) is 13.2 Å². The first kappa shape index (κ1) is 19.5. The largest absolute Gasteiger partial charge is 0.494 e. The summed E-state index contributed by atoms with van der Waals surface area (Å²) in [5, 5.41) is 2.80. The van der Waals surface area contributed by atoms with E-state index < -0.39 is 5.91 Å². The predicted molar refractivity (Wildman–Crippen MR) is 104 cm³/mol. The first-order chi connectivity index (χ1) is 13.5. The van der Waals surface area contributed by atoms with Crippen molar-refractivity contribution in [3.63, 3.8) is 0 Å². The van der Waals surface area contributed by atoms with Gasteiger partial charge in [0.25, 0.3) is 11.8 Å². The number of primary amides is 1. The number of nitrogens with one attached hydrogen (secondary N) is 1. The van der Waals surface area contributed by atoms with E-state index in [2.05, 4.69) is 5.32 Å². The minimum Gasteiger partial charge on any atom is -0.494 e. The van der Waals surface area contributed by atoms with Crippen LogP contribution in [0.2, 0.25) is 0 Å². The second-order valence-corrected chi connectivity index (χ2v) is 6.56. The molecule has 3 N–H and O–H groups in total. The maximum Gasteiger partial charge on any atom is 0.258 e. The number of hydrogen-bond acceptors (Lipinski definition) is 5. The van der Waals surface area contributed by atoms with Crippen LogP contribution in [0.5, 0.6) is 17.2 Å². The first-order valence-electron chi connectivity index (χ1n) is 9.21. The number of hydrogen-bond donors (Lipinski definition) is 2. The molecule has 148 valence electrons. The molecule has 1 aliphatic heterocycles. The topological polar surface area (TPSA) is 99.9 Å². The lowest BCUT2D eigenvalue weighted by Gasteiger charge is -2.14. The molecule has 2 amide bonds. The van der Waals surface area contributed by atoms with Gasteiger partial charge in [0, 0.05) is 24.1 Å². The van der Waals surface area contributed by atoms with Gasteiger partial charge in [0.15, 0.2) is 6.61 Å². The molecule has 0 saturated heterocycles. The zero-order valence-electron chi connectivity index (χ0n) is 16.0. The molecule has 0 unspecified atom stereocenters. The highest BCUT2D eigenvalue weighted by atomic mass is 16.5. The van der Waals surface area contributed by atoms with Gasteiger partial charge < -0.3 is 25.3 Å². The molecule has 0 radical (unpaired) electrons. The van der Waals surface area contributed by atoms with Crippen molar-refractivity contribution >= 4 is 11.8 Å². The van der Waals surface area contributed by atoms with Crippen molar-refractivity contribution in [2.45, 2.75) is 32.9 Å². The van der Waals surface area contributed by atoms with E-state index in [4.69, 9.17) is 19.9 Å². The highest BCUT2D eigenvalue weighted by Gasteiger charge is 2.22. The second kappa shape index (κ2) is 8.65. The van der Waals surface area contributed by atoms with E-state index in [1.807, 2.05) is 26.0 Å². The van der Waals surface area contributed by atoms with Gasteiger partial charge in [-0.1, -0.05) is 12.1 Å². The van der Waals surface area contributed by atoms with Crippen molar-refractivity contribution in [1.29, 1.82) is 0 Å². The summed E-state index contributed by atoms with van der Waals surface area (Å²) in [5.41, 5.74) is 7.49. The lowest BCUT2D eigenvalue weighted by Crippen LogP contribution is -2.29. The Balaban J connectivity index is 1.62. The van der Waals surface area contributed by atoms with E-state index in [0.29, 0.717) is 6.61 Å². The third kappa shape index (κ3) is 4.54. The molecule has 1 aliphatic rings. The maximum absolute atomic E-state index is 12.2. The molecule has 0 saturated carbocycles. The van der Waals surface area contributed by atoms with E-state index in [-0.39, 0.29) is 36.5 Å². The molecular weight excluding hydrogens is 360 g/mol. The number of rotatable bonds is 8. The Morgan fingerprint density at radius 1 is 1.21 bits per heavy atom. The summed E-state index contributed by atoms with van der Waals surface area (Å²) in [6.07, 6.45) is 0.975. The third-order valence-corrected chi connectivity index (χ3v) is 4.37. The molecule has 28 heavy (non-hydrogen) atoms. The van der Waals surface area contributed by atoms with Gasteiger partial charge in [-0.25, -0.2) is 0 Å². The summed E-state index contributed by atoms with van der Waals surface area (Å²) in [4.78, 5) is 23.6. The van der Waals surface area contributed by atoms with Crippen LogP contribution in [0.3, 0.4) is 0 Å². The van der Waals surface area contributed by atoms with Gasteiger partial charge in [-0.2, -0.15) is 0 Å². The Kier molecular flexibility index (Phi) is 6.03. The first-order valence-corrected chi connectivity index (χ1v) is 9.21. The number of carbonyl (C=O) groups is 2. The Labute approximate surface area is 163 Å². The molecule has 7 nitrogen and oxygen atoms in total. The Morgan fingerprint density at radius 3 is 2.75 bits per heavy atom. The van der Waals surface area contributed by atoms with Crippen LogP contribution in [0.1, 0.15) is 35.3 Å². The van der Waals surface area contributed by atoms with E-state index in [1.165, 1.54) is 0 Å². The standard InChI is InChI=1S/C21H24N2O5/c1-3-26-18-9-14-8-13(2)28-19(14)10-15(18)11-23-20(24)12-27-17-7-5-4-6-16(17)21(22)25/h4-7,9-10,13H,3,8,11-12H2,1-2H3,(H2,22,25)(H,23,24)/t13-/m0/s1. The summed E-state index contributed by atoms with van der Waals surface area (Å²) in [7, 11) is 0. The van der Waals surface area contributed by atoms with Gasteiger partial charge in [-0.05, 0) is 38.1 Å². The molecule has 3 rings (SSSR count). The summed E-state index contributed by atoms with van der Waals surface area (Å²) in [6, 6.07) is 10.4. The van der Waals surface area contributed by atoms with E-state index in [0.717, 1.165) is 29.0 Å². The number of para-hydroxylation sites is 1. The average molecular weight is 384 g/mol. The Hall–Kier alpha value is -3.22. The molecule has 0 bridgehead atoms. The van der Waals surface area contributed by atoms with Crippen LogP contribution >= 0.6 is 0 Å². The molecule has 0 spiro atoms. The number of fused-ring (bicyclic) bond motifs is 1. The van der Waals surface area contributed by atoms with Gasteiger partial charge in [-0.15, -0.1) is 0 Å². The highest BCUT2D eigenvalue weighted by molar-refractivity contribution is 5.95. The number of benzene rings is 2. The fraction of sp³-hybridized carbons (Fsp3) is 0.333. The van der Waals surface area contributed by atoms with Crippen molar-refractivity contribution in [1.82, 2.24) is 5.32 Å². The zero-order valence-corrected chi connectivity index (χ0v) is 16.0. The smallest absolute Gasteiger partial charge is 0.258 e. The van der Waals surface area contributed by atoms with Crippen molar-refractivity contribution in [2.24, 2.45) is 5.73 Å². The summed E-state index contributed by atoms with van der Waals surface area (Å²) >= 11 is 0. The van der Waals surface area contributed by atoms with E-state index >= 15 is 0 Å². The summed E-state index contributed by atoms with van der Waals surface area (Å²) < 4.78 is 16.9. The average Bonchev–Trinajstić information content (AvgIpc) is 3.03. The molecule has 0 aliphatic carbocycles. The maximum atomic E-state index is 12.2. The molecule has 2 aromatic carbocycles. The number of ether oxygens (including phenoxy) is 3. The van der Waals surface area contributed by atoms with E-state index in [1.54, 1.807) is 24.3 Å². The van der Waals surface area contributed by atoms with Crippen molar-refractivity contribution in [3.05, 3.63) is 53.1 Å². The molecule has 2 aromatic rings. The van der Waals surface area contributed by atoms with Crippen LogP contribution in [0.25, 0.3) is 0 Å². The Bertz CT molecular complexity index is 881. The van der Waals surface area contributed by atoms with Crippen LogP contribution in [0.4, 0.5) is 0 Å². The number of nitrogens with two attached hydrogens (primary N) is 1. The van der Waals surface area contributed by atoms with Gasteiger partial charge in [0.1, 0.15) is 23.4 Å². The highest BCUT2D eigenvalue weighted by Crippen LogP contribution is 2.35. The third-order valence-electron chi connectivity index (χ3n) is 4.37. The molecule has 0 aromatic heterocycles. The second-order valence-electron chi connectivity index (χ2n) is 6.56. The number of amides is 2.